The molecular weight excluding hydrogens is 389 g/mol. The Hall–Kier alpha value is -2.57. The summed E-state index contributed by atoms with van der Waals surface area (Å²) in [7, 11) is 1.55. The van der Waals surface area contributed by atoms with Crippen LogP contribution in [-0.4, -0.2) is 29.7 Å². The SMILES string of the molecule is COc1ccc(N2CC(c3nc(-c4cccc(Cl)c4)no3)CC2=O)cc1Cl. The van der Waals surface area contributed by atoms with Crippen molar-refractivity contribution in [3.63, 3.8) is 0 Å². The molecule has 1 aromatic heterocycles. The van der Waals surface area contributed by atoms with Crippen molar-refractivity contribution in [1.82, 2.24) is 10.1 Å². The summed E-state index contributed by atoms with van der Waals surface area (Å²) in [5.74, 6) is 1.24. The average Bonchev–Trinajstić information content (AvgIpc) is 3.28. The summed E-state index contributed by atoms with van der Waals surface area (Å²) in [6.45, 7) is 0.443. The minimum atomic E-state index is -0.182. The zero-order valence-electron chi connectivity index (χ0n) is 14.4. The van der Waals surface area contributed by atoms with Gasteiger partial charge in [-0.25, -0.2) is 0 Å². The van der Waals surface area contributed by atoms with E-state index in [0.717, 1.165) is 5.56 Å². The summed E-state index contributed by atoms with van der Waals surface area (Å²) >= 11 is 12.2. The van der Waals surface area contributed by atoms with Crippen molar-refractivity contribution in [2.24, 2.45) is 0 Å². The van der Waals surface area contributed by atoms with Crippen LogP contribution in [0, 0.1) is 0 Å². The Morgan fingerprint density at radius 1 is 1.22 bits per heavy atom. The highest BCUT2D eigenvalue weighted by molar-refractivity contribution is 6.32. The fraction of sp³-hybridized carbons (Fsp3) is 0.211. The lowest BCUT2D eigenvalue weighted by atomic mass is 10.1. The first-order valence-corrected chi connectivity index (χ1v) is 9.04. The molecule has 0 spiro atoms. The molecule has 2 heterocycles. The van der Waals surface area contributed by atoms with Crippen LogP contribution >= 0.6 is 23.2 Å². The van der Waals surface area contributed by atoms with E-state index in [0.29, 0.717) is 46.2 Å². The van der Waals surface area contributed by atoms with Crippen molar-refractivity contribution < 1.29 is 14.1 Å². The van der Waals surface area contributed by atoms with E-state index in [1.807, 2.05) is 12.1 Å². The van der Waals surface area contributed by atoms with Gasteiger partial charge in [-0.05, 0) is 30.3 Å². The molecule has 1 atom stereocenters. The van der Waals surface area contributed by atoms with Crippen LogP contribution in [0.3, 0.4) is 0 Å². The molecule has 1 saturated heterocycles. The smallest absolute Gasteiger partial charge is 0.232 e. The first-order chi connectivity index (χ1) is 13.0. The minimum absolute atomic E-state index is 0.0243. The Morgan fingerprint density at radius 2 is 2.07 bits per heavy atom. The summed E-state index contributed by atoms with van der Waals surface area (Å²) in [4.78, 5) is 18.6. The fourth-order valence-corrected chi connectivity index (χ4v) is 3.53. The third-order valence-corrected chi connectivity index (χ3v) is 4.98. The number of carbonyl (C=O) groups excluding carboxylic acids is 1. The number of nitrogens with zero attached hydrogens (tertiary/aromatic N) is 3. The Bertz CT molecular complexity index is 1010. The molecule has 0 bridgehead atoms. The minimum Gasteiger partial charge on any atom is -0.495 e. The van der Waals surface area contributed by atoms with Crippen molar-refractivity contribution in [3.8, 4) is 17.1 Å². The molecule has 3 aromatic rings. The molecule has 4 rings (SSSR count). The van der Waals surface area contributed by atoms with Gasteiger partial charge in [-0.2, -0.15) is 4.98 Å². The number of halogens is 2. The first kappa shape index (κ1) is 17.8. The standard InChI is InChI=1S/C19H15Cl2N3O3/c1-26-16-6-5-14(9-15(16)21)24-10-12(8-17(24)25)19-22-18(23-27-19)11-3-2-4-13(20)7-11/h2-7,9,12H,8,10H2,1H3. The van der Waals surface area contributed by atoms with Gasteiger partial charge in [0.25, 0.3) is 0 Å². The molecule has 1 aliphatic heterocycles. The van der Waals surface area contributed by atoms with Crippen molar-refractivity contribution in [2.45, 2.75) is 12.3 Å². The second-order valence-electron chi connectivity index (χ2n) is 6.19. The lowest BCUT2D eigenvalue weighted by Gasteiger charge is -2.17. The largest absolute Gasteiger partial charge is 0.495 e. The molecule has 0 saturated carbocycles. The molecule has 0 aliphatic carbocycles. The predicted octanol–water partition coefficient (Wildman–Crippen LogP) is 4.57. The molecule has 6 nitrogen and oxygen atoms in total. The average molecular weight is 404 g/mol. The predicted molar refractivity (Wildman–Crippen MR) is 102 cm³/mol. The van der Waals surface area contributed by atoms with Gasteiger partial charge in [-0.3, -0.25) is 4.79 Å². The van der Waals surface area contributed by atoms with E-state index in [1.54, 1.807) is 42.3 Å². The number of methoxy groups -OCH3 is 1. The van der Waals surface area contributed by atoms with Crippen molar-refractivity contribution >= 4 is 34.8 Å². The Balaban J connectivity index is 1.55. The van der Waals surface area contributed by atoms with Crippen molar-refractivity contribution in [3.05, 3.63) is 58.4 Å². The van der Waals surface area contributed by atoms with Gasteiger partial charge in [0.15, 0.2) is 0 Å². The third-order valence-electron chi connectivity index (χ3n) is 4.45. The lowest BCUT2D eigenvalue weighted by Crippen LogP contribution is -2.24. The van der Waals surface area contributed by atoms with E-state index >= 15 is 0 Å². The van der Waals surface area contributed by atoms with E-state index in [2.05, 4.69) is 10.1 Å². The summed E-state index contributed by atoms with van der Waals surface area (Å²) in [5.41, 5.74) is 1.48. The second kappa shape index (κ2) is 7.21. The molecule has 1 unspecified atom stereocenters. The molecule has 27 heavy (non-hydrogen) atoms. The van der Waals surface area contributed by atoms with Gasteiger partial charge in [0.1, 0.15) is 5.75 Å². The quantitative estimate of drug-likeness (QED) is 0.637. The molecule has 0 N–H and O–H groups in total. The molecule has 1 aliphatic rings. The number of carbonyl (C=O) groups is 1. The topological polar surface area (TPSA) is 68.5 Å². The molecule has 138 valence electrons. The van der Waals surface area contributed by atoms with Crippen LogP contribution in [0.5, 0.6) is 5.75 Å². The fourth-order valence-electron chi connectivity index (χ4n) is 3.09. The highest BCUT2D eigenvalue weighted by atomic mass is 35.5. The van der Waals surface area contributed by atoms with Gasteiger partial charge < -0.3 is 14.2 Å². The van der Waals surface area contributed by atoms with Gasteiger partial charge in [0.05, 0.1) is 18.1 Å². The highest BCUT2D eigenvalue weighted by Crippen LogP contribution is 2.35. The number of anilines is 1. The molecule has 2 aromatic carbocycles. The maximum absolute atomic E-state index is 12.5. The molecule has 8 heteroatoms. The van der Waals surface area contributed by atoms with E-state index in [9.17, 15) is 4.79 Å². The number of aromatic nitrogens is 2. The Labute approximate surface area is 165 Å². The molecule has 1 amide bonds. The van der Waals surface area contributed by atoms with Crippen LogP contribution in [0.15, 0.2) is 47.0 Å². The third kappa shape index (κ3) is 3.50. The number of benzene rings is 2. The summed E-state index contributed by atoms with van der Waals surface area (Å²) in [6.07, 6.45) is 0.292. The number of amides is 1. The van der Waals surface area contributed by atoms with E-state index in [4.69, 9.17) is 32.5 Å². The Morgan fingerprint density at radius 3 is 2.81 bits per heavy atom. The number of hydrogen-bond acceptors (Lipinski definition) is 5. The van der Waals surface area contributed by atoms with E-state index in [-0.39, 0.29) is 11.8 Å². The van der Waals surface area contributed by atoms with Gasteiger partial charge in [-0.1, -0.05) is 40.5 Å². The summed E-state index contributed by atoms with van der Waals surface area (Å²) in [5, 5.41) is 5.07. The second-order valence-corrected chi connectivity index (χ2v) is 7.03. The van der Waals surface area contributed by atoms with Gasteiger partial charge in [0, 0.05) is 29.2 Å². The lowest BCUT2D eigenvalue weighted by molar-refractivity contribution is -0.117. The first-order valence-electron chi connectivity index (χ1n) is 8.28. The van der Waals surface area contributed by atoms with E-state index in [1.165, 1.54) is 0 Å². The number of rotatable bonds is 4. The van der Waals surface area contributed by atoms with Crippen molar-refractivity contribution in [1.29, 1.82) is 0 Å². The molecule has 0 radical (unpaired) electrons. The van der Waals surface area contributed by atoms with Crippen LogP contribution in [0.25, 0.3) is 11.4 Å². The zero-order chi connectivity index (χ0) is 19.0. The van der Waals surface area contributed by atoms with Gasteiger partial charge in [-0.15, -0.1) is 0 Å². The zero-order valence-corrected chi connectivity index (χ0v) is 15.9. The summed E-state index contributed by atoms with van der Waals surface area (Å²) in [6, 6.07) is 12.5. The maximum Gasteiger partial charge on any atom is 0.232 e. The van der Waals surface area contributed by atoms with Crippen LogP contribution in [0.1, 0.15) is 18.2 Å². The van der Waals surface area contributed by atoms with Crippen LogP contribution in [0.4, 0.5) is 5.69 Å². The van der Waals surface area contributed by atoms with Crippen LogP contribution < -0.4 is 9.64 Å². The maximum atomic E-state index is 12.5. The van der Waals surface area contributed by atoms with Crippen LogP contribution in [-0.2, 0) is 4.79 Å². The van der Waals surface area contributed by atoms with Gasteiger partial charge >= 0.3 is 0 Å². The summed E-state index contributed by atoms with van der Waals surface area (Å²) < 4.78 is 10.6. The highest BCUT2D eigenvalue weighted by Gasteiger charge is 2.35. The van der Waals surface area contributed by atoms with Gasteiger partial charge in [0.2, 0.25) is 17.6 Å². The van der Waals surface area contributed by atoms with Crippen LogP contribution in [0.2, 0.25) is 10.0 Å². The molecular formula is C19H15Cl2N3O3. The number of hydrogen-bond donors (Lipinski definition) is 0. The number of ether oxygens (including phenoxy) is 1. The monoisotopic (exact) mass is 403 g/mol. The Kier molecular flexibility index (Phi) is 4.76. The van der Waals surface area contributed by atoms with Crippen molar-refractivity contribution in [2.75, 3.05) is 18.6 Å². The molecule has 1 fully saturated rings. The van der Waals surface area contributed by atoms with E-state index < -0.39 is 0 Å². The normalized spacial score (nSPS) is 16.8.